The van der Waals surface area contributed by atoms with E-state index in [9.17, 15) is 13.2 Å². The van der Waals surface area contributed by atoms with Gasteiger partial charge in [0, 0.05) is 37.3 Å². The van der Waals surface area contributed by atoms with E-state index in [0.29, 0.717) is 30.3 Å². The average molecular weight is 470 g/mol. The van der Waals surface area contributed by atoms with E-state index in [4.69, 9.17) is 9.84 Å². The molecule has 7 nitrogen and oxygen atoms in total. The molecule has 4 heterocycles. The zero-order valence-electron chi connectivity index (χ0n) is 18.6. The number of rotatable bonds is 5. The van der Waals surface area contributed by atoms with Gasteiger partial charge in [-0.1, -0.05) is 0 Å². The van der Waals surface area contributed by atoms with Crippen molar-refractivity contribution in [2.24, 2.45) is 11.8 Å². The minimum atomic E-state index is -1.24. The molecule has 3 aromatic rings. The van der Waals surface area contributed by atoms with E-state index < -0.39 is 17.5 Å². The summed E-state index contributed by atoms with van der Waals surface area (Å²) in [6, 6.07) is 7.08. The maximum atomic E-state index is 14.0. The van der Waals surface area contributed by atoms with Gasteiger partial charge in [-0.05, 0) is 48.9 Å². The number of anilines is 1. The number of hydrogen-bond acceptors (Lipinski definition) is 6. The third-order valence-electron chi connectivity index (χ3n) is 7.11. The van der Waals surface area contributed by atoms with Gasteiger partial charge in [0.25, 0.3) is 0 Å². The van der Waals surface area contributed by atoms with E-state index in [-0.39, 0.29) is 17.3 Å². The summed E-state index contributed by atoms with van der Waals surface area (Å²) in [4.78, 5) is 2.49. The summed E-state index contributed by atoms with van der Waals surface area (Å²) < 4.78 is 48.6. The highest BCUT2D eigenvalue weighted by atomic mass is 19.2. The molecule has 1 saturated heterocycles. The molecule has 2 aliphatic heterocycles. The second kappa shape index (κ2) is 8.66. The molecule has 1 saturated carbocycles. The lowest BCUT2D eigenvalue weighted by Gasteiger charge is -2.19. The molecule has 2 fully saturated rings. The Hall–Kier alpha value is -2.98. The highest BCUT2D eigenvalue weighted by molar-refractivity contribution is 5.60. The Morgan fingerprint density at radius 2 is 1.85 bits per heavy atom. The van der Waals surface area contributed by atoms with Gasteiger partial charge in [-0.25, -0.2) is 13.2 Å². The predicted octanol–water partition coefficient (Wildman–Crippen LogP) is 3.61. The normalized spacial score (nSPS) is 24.3. The third kappa shape index (κ3) is 4.16. The van der Waals surface area contributed by atoms with Gasteiger partial charge in [0.15, 0.2) is 11.6 Å². The minimum absolute atomic E-state index is 0.0907. The van der Waals surface area contributed by atoms with Gasteiger partial charge in [0.1, 0.15) is 11.6 Å². The summed E-state index contributed by atoms with van der Waals surface area (Å²) in [5.41, 5.74) is 2.12. The lowest BCUT2D eigenvalue weighted by Crippen LogP contribution is -2.25. The van der Waals surface area contributed by atoms with Gasteiger partial charge < -0.3 is 10.1 Å². The van der Waals surface area contributed by atoms with Crippen molar-refractivity contribution in [1.29, 1.82) is 0 Å². The lowest BCUT2D eigenvalue weighted by molar-refractivity contribution is 0.0799. The van der Waals surface area contributed by atoms with E-state index >= 15 is 0 Å². The van der Waals surface area contributed by atoms with Crippen molar-refractivity contribution in [2.45, 2.75) is 38.6 Å². The largest absolute Gasteiger partial charge is 0.373 e. The highest BCUT2D eigenvalue weighted by Crippen LogP contribution is 2.39. The quantitative estimate of drug-likeness (QED) is 0.575. The maximum Gasteiger partial charge on any atom is 0.168 e. The predicted molar refractivity (Wildman–Crippen MR) is 118 cm³/mol. The van der Waals surface area contributed by atoms with Crippen molar-refractivity contribution in [3.8, 4) is 11.3 Å². The molecule has 1 N–H and O–H groups in total. The first kappa shape index (κ1) is 21.5. The summed E-state index contributed by atoms with van der Waals surface area (Å²) in [5, 5.41) is 16.2. The van der Waals surface area contributed by atoms with Crippen molar-refractivity contribution in [2.75, 3.05) is 25.0 Å². The molecule has 34 heavy (non-hydrogen) atoms. The Morgan fingerprint density at radius 3 is 2.59 bits per heavy atom. The molecule has 0 amide bonds. The minimum Gasteiger partial charge on any atom is -0.373 e. The fourth-order valence-corrected chi connectivity index (χ4v) is 5.61. The standard InChI is InChI=1S/C24H25F3N6O/c25-16-7-20(24(27)21(26)8-16)22-1-2-23(30-29-22)28-17-5-14-10-32(11-15(14)6-17)12-18-9-19-13-34-4-3-33(19)31-18/h1-2,7-9,14-15,17H,3-6,10-13H2,(H,28,30)/t14-,15+,17+. The van der Waals surface area contributed by atoms with Crippen molar-refractivity contribution in [3.05, 3.63) is 59.2 Å². The van der Waals surface area contributed by atoms with E-state index in [1.807, 2.05) is 0 Å². The summed E-state index contributed by atoms with van der Waals surface area (Å²) in [6.07, 6.45) is 2.09. The summed E-state index contributed by atoms with van der Waals surface area (Å²) in [6.45, 7) is 5.17. The van der Waals surface area contributed by atoms with Crippen molar-refractivity contribution < 1.29 is 17.9 Å². The van der Waals surface area contributed by atoms with Crippen LogP contribution in [0.15, 0.2) is 30.3 Å². The second-order valence-corrected chi connectivity index (χ2v) is 9.48. The Bertz CT molecular complexity index is 1160. The van der Waals surface area contributed by atoms with Gasteiger partial charge in [-0.15, -0.1) is 10.2 Å². The molecule has 3 atom stereocenters. The number of ether oxygens (including phenoxy) is 1. The molecule has 10 heteroatoms. The molecule has 0 radical (unpaired) electrons. The van der Waals surface area contributed by atoms with Crippen LogP contribution in [-0.4, -0.2) is 50.6 Å². The average Bonchev–Trinajstić information content (AvgIpc) is 3.49. The molecule has 6 rings (SSSR count). The number of aromatic nitrogens is 4. The summed E-state index contributed by atoms with van der Waals surface area (Å²) >= 11 is 0. The van der Waals surface area contributed by atoms with Crippen LogP contribution in [0.4, 0.5) is 19.0 Å². The number of nitrogens with zero attached hydrogens (tertiary/aromatic N) is 5. The number of halogens is 3. The van der Waals surface area contributed by atoms with Crippen molar-refractivity contribution >= 4 is 5.82 Å². The molecule has 0 unspecified atom stereocenters. The number of fused-ring (bicyclic) bond motifs is 2. The van der Waals surface area contributed by atoms with Crippen molar-refractivity contribution in [1.82, 2.24) is 24.9 Å². The van der Waals surface area contributed by atoms with Crippen LogP contribution in [0, 0.1) is 29.3 Å². The number of hydrogen-bond donors (Lipinski definition) is 1. The van der Waals surface area contributed by atoms with Gasteiger partial charge in [0.2, 0.25) is 0 Å². The van der Waals surface area contributed by atoms with E-state index in [1.165, 1.54) is 6.07 Å². The number of likely N-dealkylation sites (tertiary alicyclic amines) is 1. The van der Waals surface area contributed by atoms with Crippen LogP contribution in [0.25, 0.3) is 11.3 Å². The first-order valence-electron chi connectivity index (χ1n) is 11.6. The molecule has 3 aliphatic rings. The third-order valence-corrected chi connectivity index (χ3v) is 7.11. The summed E-state index contributed by atoms with van der Waals surface area (Å²) in [7, 11) is 0. The number of nitrogens with one attached hydrogen (secondary N) is 1. The Morgan fingerprint density at radius 1 is 1.03 bits per heavy atom. The molecule has 0 spiro atoms. The topological polar surface area (TPSA) is 68.1 Å². The van der Waals surface area contributed by atoms with Gasteiger partial charge in [0.05, 0.1) is 36.8 Å². The van der Waals surface area contributed by atoms with Gasteiger partial charge in [-0.3, -0.25) is 9.58 Å². The Labute approximate surface area is 194 Å². The zero-order valence-corrected chi connectivity index (χ0v) is 18.6. The molecule has 1 aliphatic carbocycles. The Balaban J connectivity index is 1.04. The first-order valence-corrected chi connectivity index (χ1v) is 11.6. The van der Waals surface area contributed by atoms with Crippen LogP contribution in [0.2, 0.25) is 0 Å². The number of benzene rings is 1. The smallest absolute Gasteiger partial charge is 0.168 e. The lowest BCUT2D eigenvalue weighted by atomic mass is 10.0. The second-order valence-electron chi connectivity index (χ2n) is 9.48. The SMILES string of the molecule is Fc1cc(F)c(F)c(-c2ccc(N[C@H]3C[C@@H]4CN(Cc5cc6n(n5)CCOC6)C[C@@H]4C3)nn2)c1. The van der Waals surface area contributed by atoms with Crippen LogP contribution in [-0.2, 0) is 24.4 Å². The maximum absolute atomic E-state index is 14.0. The zero-order chi connectivity index (χ0) is 23.2. The fraction of sp³-hybridized carbons (Fsp3) is 0.458. The van der Waals surface area contributed by atoms with Gasteiger partial charge in [-0.2, -0.15) is 5.10 Å². The van der Waals surface area contributed by atoms with Crippen LogP contribution < -0.4 is 5.32 Å². The molecule has 1 aromatic carbocycles. The van der Waals surface area contributed by atoms with E-state index in [0.717, 1.165) is 63.1 Å². The molecule has 0 bridgehead atoms. The molecular weight excluding hydrogens is 445 g/mol. The highest BCUT2D eigenvalue weighted by Gasteiger charge is 2.41. The monoisotopic (exact) mass is 470 g/mol. The van der Waals surface area contributed by atoms with Gasteiger partial charge >= 0.3 is 0 Å². The van der Waals surface area contributed by atoms with Crippen LogP contribution in [0.5, 0.6) is 0 Å². The molecular formula is C24H25F3N6O. The van der Waals surface area contributed by atoms with Crippen LogP contribution in [0.3, 0.4) is 0 Å². The molecule has 178 valence electrons. The van der Waals surface area contributed by atoms with Crippen LogP contribution in [0.1, 0.15) is 24.2 Å². The van der Waals surface area contributed by atoms with E-state index in [2.05, 4.69) is 31.2 Å². The van der Waals surface area contributed by atoms with Crippen molar-refractivity contribution in [3.63, 3.8) is 0 Å². The van der Waals surface area contributed by atoms with E-state index in [1.54, 1.807) is 6.07 Å². The summed E-state index contributed by atoms with van der Waals surface area (Å²) in [5.74, 6) is -1.41. The Kier molecular flexibility index (Phi) is 5.49. The fourth-order valence-electron chi connectivity index (χ4n) is 5.61. The molecule has 2 aromatic heterocycles. The van der Waals surface area contributed by atoms with Crippen LogP contribution >= 0.6 is 0 Å². The first-order chi connectivity index (χ1) is 16.5.